The maximum atomic E-state index is 12.4. The van der Waals surface area contributed by atoms with Crippen molar-refractivity contribution in [1.82, 2.24) is 0 Å². The summed E-state index contributed by atoms with van der Waals surface area (Å²) in [6, 6.07) is 4.92. The Morgan fingerprint density at radius 3 is 2.47 bits per heavy atom. The van der Waals surface area contributed by atoms with Crippen molar-refractivity contribution < 1.29 is 33.3 Å². The van der Waals surface area contributed by atoms with Crippen molar-refractivity contribution in [1.29, 1.82) is 5.26 Å². The monoisotopic (exact) mass is 436 g/mol. The maximum absolute atomic E-state index is 12.4. The van der Waals surface area contributed by atoms with Crippen molar-refractivity contribution in [2.45, 2.75) is 19.8 Å². The minimum atomic E-state index is -0.947. The number of hydrogen-bond acceptors (Lipinski definition) is 9. The smallest absolute Gasteiger partial charge is 0.343 e. The number of allylic oxidation sites excluding steroid dienone is 2. The predicted octanol–water partition coefficient (Wildman–Crippen LogP) is 2.55. The quantitative estimate of drug-likeness (QED) is 0.640. The minimum absolute atomic E-state index is 0.00595. The van der Waals surface area contributed by atoms with Gasteiger partial charge in [-0.3, -0.25) is 0 Å². The summed E-state index contributed by atoms with van der Waals surface area (Å²) in [5, 5.41) is 9.80. The lowest BCUT2D eigenvalue weighted by Gasteiger charge is -2.27. The van der Waals surface area contributed by atoms with Crippen LogP contribution in [0.3, 0.4) is 0 Å². The van der Waals surface area contributed by atoms with Gasteiger partial charge in [-0.15, -0.1) is 0 Å². The number of methoxy groups -OCH3 is 2. The number of hydrogen-bond donors (Lipinski definition) is 1. The van der Waals surface area contributed by atoms with Crippen LogP contribution in [0, 0.1) is 11.3 Å². The van der Waals surface area contributed by atoms with Crippen LogP contribution in [0.15, 0.2) is 34.9 Å². The standard InChI is InChI=1S/C20H21ClN2O7/c1-5-28-14-6-11(13(21)7-15(14)29-9-16(24)26-3)18-12(8-22)19(23)30-10(2)17(18)20(25)27-4/h6-7,18H,5,9,23H2,1-4H3. The summed E-state index contributed by atoms with van der Waals surface area (Å²) in [4.78, 5) is 23.9. The van der Waals surface area contributed by atoms with Gasteiger partial charge < -0.3 is 29.4 Å². The van der Waals surface area contributed by atoms with Gasteiger partial charge >= 0.3 is 11.9 Å². The molecule has 0 saturated carbocycles. The zero-order valence-electron chi connectivity index (χ0n) is 16.9. The third kappa shape index (κ3) is 4.60. The molecule has 30 heavy (non-hydrogen) atoms. The number of nitrogens with zero attached hydrogens (tertiary/aromatic N) is 1. The fraction of sp³-hybridized carbons (Fsp3) is 0.350. The number of carbonyl (C=O) groups is 2. The van der Waals surface area contributed by atoms with Crippen molar-refractivity contribution in [2.24, 2.45) is 5.73 Å². The van der Waals surface area contributed by atoms with E-state index in [-0.39, 0.29) is 52.5 Å². The third-order valence-electron chi connectivity index (χ3n) is 4.26. The Bertz CT molecular complexity index is 963. The Labute approximate surface area is 178 Å². The number of benzene rings is 1. The van der Waals surface area contributed by atoms with Crippen molar-refractivity contribution >= 4 is 23.5 Å². The average molecular weight is 437 g/mol. The molecule has 1 aromatic carbocycles. The molecule has 0 amide bonds. The lowest BCUT2D eigenvalue weighted by Crippen LogP contribution is -2.25. The van der Waals surface area contributed by atoms with E-state index in [1.807, 2.05) is 6.07 Å². The van der Waals surface area contributed by atoms with E-state index >= 15 is 0 Å². The SMILES string of the molecule is CCOc1cc(C2C(C#N)=C(N)OC(C)=C2C(=O)OC)c(Cl)cc1OCC(=O)OC. The van der Waals surface area contributed by atoms with Gasteiger partial charge in [0.15, 0.2) is 18.1 Å². The molecule has 1 aromatic rings. The Morgan fingerprint density at radius 1 is 1.23 bits per heavy atom. The van der Waals surface area contributed by atoms with Gasteiger partial charge in [-0.05, 0) is 25.5 Å². The molecule has 2 N–H and O–H groups in total. The van der Waals surface area contributed by atoms with Crippen molar-refractivity contribution in [3.63, 3.8) is 0 Å². The number of carbonyl (C=O) groups excluding carboxylic acids is 2. The van der Waals surface area contributed by atoms with Crippen LogP contribution < -0.4 is 15.2 Å². The van der Waals surface area contributed by atoms with Gasteiger partial charge in [0.2, 0.25) is 5.88 Å². The first-order chi connectivity index (χ1) is 14.3. The Balaban J connectivity index is 2.65. The predicted molar refractivity (Wildman–Crippen MR) is 106 cm³/mol. The molecule has 160 valence electrons. The van der Waals surface area contributed by atoms with E-state index in [4.69, 9.17) is 36.3 Å². The van der Waals surface area contributed by atoms with Gasteiger partial charge in [-0.1, -0.05) is 11.6 Å². The van der Waals surface area contributed by atoms with Gasteiger partial charge in [0.1, 0.15) is 17.4 Å². The topological polar surface area (TPSA) is 130 Å². The van der Waals surface area contributed by atoms with Gasteiger partial charge in [0, 0.05) is 11.1 Å². The van der Waals surface area contributed by atoms with Crippen LogP contribution in [0.2, 0.25) is 5.02 Å². The van der Waals surface area contributed by atoms with E-state index in [1.54, 1.807) is 6.92 Å². The third-order valence-corrected chi connectivity index (χ3v) is 4.59. The van der Waals surface area contributed by atoms with E-state index in [9.17, 15) is 14.9 Å². The maximum Gasteiger partial charge on any atom is 0.343 e. The van der Waals surface area contributed by atoms with Crippen LogP contribution >= 0.6 is 11.6 Å². The fourth-order valence-corrected chi connectivity index (χ4v) is 3.18. The van der Waals surface area contributed by atoms with E-state index in [0.29, 0.717) is 5.56 Å². The first kappa shape index (κ1) is 22.9. The molecule has 1 heterocycles. The largest absolute Gasteiger partial charge is 0.490 e. The molecule has 1 aliphatic heterocycles. The first-order valence-electron chi connectivity index (χ1n) is 8.81. The summed E-state index contributed by atoms with van der Waals surface area (Å²) in [6.07, 6.45) is 0. The molecular formula is C20H21ClN2O7. The minimum Gasteiger partial charge on any atom is -0.490 e. The zero-order valence-corrected chi connectivity index (χ0v) is 17.7. The second-order valence-corrected chi connectivity index (χ2v) is 6.41. The average Bonchev–Trinajstić information content (AvgIpc) is 2.72. The van der Waals surface area contributed by atoms with E-state index in [1.165, 1.54) is 33.3 Å². The molecule has 0 aliphatic carbocycles. The molecule has 0 bridgehead atoms. The lowest BCUT2D eigenvalue weighted by molar-refractivity contribution is -0.143. The number of esters is 2. The van der Waals surface area contributed by atoms with E-state index in [2.05, 4.69) is 4.74 Å². The lowest BCUT2D eigenvalue weighted by atomic mass is 9.83. The Kier molecular flexibility index (Phi) is 7.55. The van der Waals surface area contributed by atoms with Crippen LogP contribution in [-0.2, 0) is 23.8 Å². The van der Waals surface area contributed by atoms with Crippen LogP contribution in [0.4, 0.5) is 0 Å². The second kappa shape index (κ2) is 9.89. The second-order valence-electron chi connectivity index (χ2n) is 6.00. The van der Waals surface area contributed by atoms with Crippen molar-refractivity contribution in [2.75, 3.05) is 27.4 Å². The molecule has 0 fully saturated rings. The normalized spacial score (nSPS) is 15.8. The molecule has 9 nitrogen and oxygen atoms in total. The van der Waals surface area contributed by atoms with Gasteiger partial charge in [0.25, 0.3) is 0 Å². The highest BCUT2D eigenvalue weighted by molar-refractivity contribution is 6.31. The van der Waals surface area contributed by atoms with E-state index < -0.39 is 17.9 Å². The Morgan fingerprint density at radius 2 is 1.90 bits per heavy atom. The van der Waals surface area contributed by atoms with Crippen molar-refractivity contribution in [3.8, 4) is 17.6 Å². The molecule has 0 aromatic heterocycles. The highest BCUT2D eigenvalue weighted by Gasteiger charge is 2.37. The molecule has 0 saturated heterocycles. The molecule has 1 unspecified atom stereocenters. The van der Waals surface area contributed by atoms with Gasteiger partial charge in [-0.2, -0.15) is 5.26 Å². The summed E-state index contributed by atoms with van der Waals surface area (Å²) >= 11 is 6.47. The zero-order chi connectivity index (χ0) is 22.4. The number of nitrogens with two attached hydrogens (primary N) is 1. The molecule has 10 heteroatoms. The Hall–Kier alpha value is -3.38. The van der Waals surface area contributed by atoms with Crippen LogP contribution in [0.25, 0.3) is 0 Å². The molecule has 1 aliphatic rings. The molecular weight excluding hydrogens is 416 g/mol. The summed E-state index contributed by atoms with van der Waals surface area (Å²) in [5.41, 5.74) is 6.31. The summed E-state index contributed by atoms with van der Waals surface area (Å²) < 4.78 is 25.8. The number of halogens is 1. The molecule has 2 rings (SSSR count). The number of ether oxygens (including phenoxy) is 5. The summed E-state index contributed by atoms with van der Waals surface area (Å²) in [7, 11) is 2.45. The van der Waals surface area contributed by atoms with Crippen LogP contribution in [0.1, 0.15) is 25.3 Å². The molecule has 0 spiro atoms. The van der Waals surface area contributed by atoms with Crippen LogP contribution in [0.5, 0.6) is 11.5 Å². The van der Waals surface area contributed by atoms with Gasteiger partial charge in [-0.25, -0.2) is 9.59 Å². The van der Waals surface area contributed by atoms with Crippen molar-refractivity contribution in [3.05, 3.63) is 45.5 Å². The summed E-state index contributed by atoms with van der Waals surface area (Å²) in [5.74, 6) is -1.74. The van der Waals surface area contributed by atoms with E-state index in [0.717, 1.165) is 0 Å². The first-order valence-corrected chi connectivity index (χ1v) is 9.19. The summed E-state index contributed by atoms with van der Waals surface area (Å²) in [6.45, 7) is 3.22. The highest BCUT2D eigenvalue weighted by Crippen LogP contribution is 2.45. The fourth-order valence-electron chi connectivity index (χ4n) is 2.92. The highest BCUT2D eigenvalue weighted by atomic mass is 35.5. The number of rotatable bonds is 7. The molecule has 1 atom stereocenters. The number of nitriles is 1. The molecule has 0 radical (unpaired) electrons. The van der Waals surface area contributed by atoms with Crippen LogP contribution in [-0.4, -0.2) is 39.4 Å². The van der Waals surface area contributed by atoms with Gasteiger partial charge in [0.05, 0.1) is 32.3 Å².